The fourth-order valence-electron chi connectivity index (χ4n) is 13.3. The molecule has 17 nitrogen and oxygen atoms in total. The molecular formula is C86H168O17P2. The zero-order valence-corrected chi connectivity index (χ0v) is 71.0. The fraction of sp³-hybridized carbons (Fsp3) is 0.953. The summed E-state index contributed by atoms with van der Waals surface area (Å²) in [5.41, 5.74) is 0. The summed E-state index contributed by atoms with van der Waals surface area (Å²) in [6.07, 6.45) is 66.5. The molecule has 6 atom stereocenters. The van der Waals surface area contributed by atoms with Gasteiger partial charge in [0, 0.05) is 25.7 Å². The maximum atomic E-state index is 13.1. The molecule has 0 fully saturated rings. The molecule has 0 aromatic heterocycles. The number of unbranched alkanes of at least 4 members (excludes halogenated alkanes) is 51. The number of ether oxygens (including phenoxy) is 4. The third-order valence-corrected chi connectivity index (χ3v) is 22.4. The smallest absolute Gasteiger partial charge is 0.462 e. The van der Waals surface area contributed by atoms with Crippen molar-refractivity contribution in [2.75, 3.05) is 39.6 Å². The topological polar surface area (TPSA) is 237 Å². The summed E-state index contributed by atoms with van der Waals surface area (Å²) in [7, 11) is -9.93. The Labute approximate surface area is 645 Å². The monoisotopic (exact) mass is 1540 g/mol. The highest BCUT2D eigenvalue weighted by Crippen LogP contribution is 2.45. The van der Waals surface area contributed by atoms with Crippen LogP contribution in [0.3, 0.4) is 0 Å². The molecule has 3 N–H and O–H groups in total. The lowest BCUT2D eigenvalue weighted by Crippen LogP contribution is -2.30. The van der Waals surface area contributed by atoms with Gasteiger partial charge in [-0.15, -0.1) is 0 Å². The maximum absolute atomic E-state index is 13.1. The molecule has 3 unspecified atom stereocenters. The number of phosphoric ester groups is 2. The van der Waals surface area contributed by atoms with E-state index in [1.165, 1.54) is 263 Å². The molecule has 624 valence electrons. The van der Waals surface area contributed by atoms with Gasteiger partial charge in [0.1, 0.15) is 19.3 Å². The van der Waals surface area contributed by atoms with E-state index < -0.39 is 97.5 Å². The van der Waals surface area contributed by atoms with E-state index in [1.54, 1.807) is 0 Å². The lowest BCUT2D eigenvalue weighted by molar-refractivity contribution is -0.161. The van der Waals surface area contributed by atoms with Crippen molar-refractivity contribution < 1.29 is 80.2 Å². The van der Waals surface area contributed by atoms with Crippen molar-refractivity contribution in [2.45, 2.75) is 471 Å². The molecular weight excluding hydrogens is 1370 g/mol. The summed E-state index contributed by atoms with van der Waals surface area (Å²) in [5, 5.41) is 10.7. The Kier molecular flexibility index (Phi) is 74.7. The normalized spacial score (nSPS) is 14.1. The molecule has 0 aliphatic heterocycles. The number of carbonyl (C=O) groups excluding carboxylic acids is 4. The van der Waals surface area contributed by atoms with Crippen LogP contribution in [0.5, 0.6) is 0 Å². The van der Waals surface area contributed by atoms with Crippen LogP contribution in [0.4, 0.5) is 0 Å². The molecule has 0 radical (unpaired) electrons. The van der Waals surface area contributed by atoms with Gasteiger partial charge in [0.2, 0.25) is 0 Å². The van der Waals surface area contributed by atoms with Crippen molar-refractivity contribution in [2.24, 2.45) is 17.8 Å². The Morgan fingerprint density at radius 2 is 0.486 bits per heavy atom. The first-order chi connectivity index (χ1) is 50.8. The van der Waals surface area contributed by atoms with Crippen molar-refractivity contribution in [3.8, 4) is 0 Å². The summed E-state index contributed by atoms with van der Waals surface area (Å²) in [6, 6.07) is 0. The van der Waals surface area contributed by atoms with Crippen LogP contribution in [0.2, 0.25) is 0 Å². The molecule has 0 aliphatic rings. The molecule has 0 aliphatic carbocycles. The second kappa shape index (κ2) is 76.1. The third kappa shape index (κ3) is 78.5. The molecule has 0 saturated carbocycles. The second-order valence-electron chi connectivity index (χ2n) is 32.1. The zero-order chi connectivity index (χ0) is 77.2. The number of phosphoric acid groups is 2. The quantitative estimate of drug-likeness (QED) is 0.0222. The number of aliphatic hydroxyl groups is 1. The summed E-state index contributed by atoms with van der Waals surface area (Å²) in [6.45, 7) is 12.0. The summed E-state index contributed by atoms with van der Waals surface area (Å²) in [5.74, 6) is 0.293. The molecule has 0 bridgehead atoms. The molecule has 0 spiro atoms. The molecule has 0 aromatic carbocycles. The molecule has 0 rings (SSSR count). The van der Waals surface area contributed by atoms with Crippen molar-refractivity contribution >= 4 is 39.5 Å². The van der Waals surface area contributed by atoms with Gasteiger partial charge in [0.15, 0.2) is 12.2 Å². The third-order valence-electron chi connectivity index (χ3n) is 20.5. The van der Waals surface area contributed by atoms with E-state index in [2.05, 4.69) is 48.5 Å². The van der Waals surface area contributed by atoms with Gasteiger partial charge in [-0.2, -0.15) is 0 Å². The summed E-state index contributed by atoms with van der Waals surface area (Å²) < 4.78 is 68.9. The van der Waals surface area contributed by atoms with E-state index in [0.717, 1.165) is 108 Å². The summed E-state index contributed by atoms with van der Waals surface area (Å²) in [4.78, 5) is 73.3. The van der Waals surface area contributed by atoms with Crippen LogP contribution in [0.1, 0.15) is 453 Å². The standard InChI is InChI=1S/C86H168O17P2/c1-8-10-11-12-13-14-15-16-17-18-21-28-33-40-48-55-62-69-86(91)103-82(74-97-84(89)68-61-54-47-42-35-37-44-51-58-65-78(5)6)76-101-105(94,95)99-72-80(87)71-98-104(92,93)100-75-81(102-85(90)70-63-56-49-41-34-29-22-19-20-25-30-36-43-50-57-64-77(3)4)73-96-83(88)67-60-53-46-39-32-27-24-23-26-31-38-45-52-59-66-79(7)9-2/h77-82,87H,8-76H2,1-7H3,(H,92,93)(H,94,95)/t79?,80-,81-,82-/m1/s1. The van der Waals surface area contributed by atoms with Gasteiger partial charge >= 0.3 is 39.5 Å². The van der Waals surface area contributed by atoms with E-state index in [1.807, 2.05) is 0 Å². The fourth-order valence-corrected chi connectivity index (χ4v) is 14.9. The lowest BCUT2D eigenvalue weighted by atomic mass is 9.99. The highest BCUT2D eigenvalue weighted by Gasteiger charge is 2.30. The Morgan fingerprint density at radius 3 is 0.724 bits per heavy atom. The van der Waals surface area contributed by atoms with E-state index in [4.69, 9.17) is 37.0 Å². The number of hydrogen-bond acceptors (Lipinski definition) is 15. The van der Waals surface area contributed by atoms with Crippen LogP contribution < -0.4 is 0 Å². The van der Waals surface area contributed by atoms with E-state index in [-0.39, 0.29) is 25.7 Å². The van der Waals surface area contributed by atoms with Crippen molar-refractivity contribution in [1.82, 2.24) is 0 Å². The van der Waals surface area contributed by atoms with Crippen LogP contribution in [0, 0.1) is 17.8 Å². The minimum atomic E-state index is -4.97. The molecule has 0 heterocycles. The molecule has 0 amide bonds. The van der Waals surface area contributed by atoms with Crippen LogP contribution >= 0.6 is 15.6 Å². The van der Waals surface area contributed by atoms with Crippen LogP contribution in [0.25, 0.3) is 0 Å². The molecule has 19 heteroatoms. The Hall–Kier alpha value is -1.94. The average Bonchev–Trinajstić information content (AvgIpc) is 0.936. The van der Waals surface area contributed by atoms with E-state index >= 15 is 0 Å². The number of aliphatic hydroxyl groups excluding tert-OH is 1. The Balaban J connectivity index is 5.27. The largest absolute Gasteiger partial charge is 0.472 e. The van der Waals surface area contributed by atoms with Crippen molar-refractivity contribution in [1.29, 1.82) is 0 Å². The van der Waals surface area contributed by atoms with Gasteiger partial charge in [-0.3, -0.25) is 37.3 Å². The Morgan fingerprint density at radius 1 is 0.276 bits per heavy atom. The maximum Gasteiger partial charge on any atom is 0.472 e. The minimum Gasteiger partial charge on any atom is -0.462 e. The van der Waals surface area contributed by atoms with Crippen molar-refractivity contribution in [3.63, 3.8) is 0 Å². The van der Waals surface area contributed by atoms with Crippen LogP contribution in [0.15, 0.2) is 0 Å². The number of carbonyl (C=O) groups is 4. The van der Waals surface area contributed by atoms with Gasteiger partial charge in [-0.25, -0.2) is 9.13 Å². The predicted molar refractivity (Wildman–Crippen MR) is 432 cm³/mol. The first-order valence-corrected chi connectivity index (χ1v) is 47.4. The van der Waals surface area contributed by atoms with Crippen LogP contribution in [-0.4, -0.2) is 96.7 Å². The van der Waals surface area contributed by atoms with Gasteiger partial charge < -0.3 is 33.8 Å². The van der Waals surface area contributed by atoms with E-state index in [9.17, 15) is 43.2 Å². The first kappa shape index (κ1) is 103. The number of hydrogen-bond donors (Lipinski definition) is 3. The first-order valence-electron chi connectivity index (χ1n) is 44.4. The highest BCUT2D eigenvalue weighted by molar-refractivity contribution is 7.47. The number of rotatable bonds is 84. The van der Waals surface area contributed by atoms with Gasteiger partial charge in [0.25, 0.3) is 0 Å². The zero-order valence-electron chi connectivity index (χ0n) is 69.2. The SMILES string of the molecule is CCCCCCCCCCCCCCCCCCCC(=O)O[C@H](COC(=O)CCCCCCCCCCCC(C)C)COP(=O)(O)OC[C@H](O)COP(=O)(O)OC[C@@H](COC(=O)CCCCCCCCCCCCCCCCC(C)CC)OC(=O)CCCCCCCCCCCCCCCCCC(C)C. The van der Waals surface area contributed by atoms with E-state index in [0.29, 0.717) is 25.7 Å². The van der Waals surface area contributed by atoms with Crippen LogP contribution in [-0.2, 0) is 65.4 Å². The second-order valence-corrected chi connectivity index (χ2v) is 35.0. The minimum absolute atomic E-state index is 0.108. The van der Waals surface area contributed by atoms with Gasteiger partial charge in [0.05, 0.1) is 26.4 Å². The molecule has 0 saturated heterocycles. The number of esters is 4. The highest BCUT2D eigenvalue weighted by atomic mass is 31.2. The summed E-state index contributed by atoms with van der Waals surface area (Å²) >= 11 is 0. The molecule has 0 aromatic rings. The molecule has 105 heavy (non-hydrogen) atoms. The van der Waals surface area contributed by atoms with Gasteiger partial charge in [-0.05, 0) is 43.4 Å². The lowest BCUT2D eigenvalue weighted by Gasteiger charge is -2.21. The average molecular weight is 1540 g/mol. The predicted octanol–water partition coefficient (Wildman–Crippen LogP) is 26.1. The van der Waals surface area contributed by atoms with Crippen molar-refractivity contribution in [3.05, 3.63) is 0 Å². The van der Waals surface area contributed by atoms with Gasteiger partial charge in [-0.1, -0.05) is 402 Å². The Bertz CT molecular complexity index is 2030.